The number of carbonyl (C=O) groups excluding carboxylic acids is 2. The number of rotatable bonds is 4. The van der Waals surface area contributed by atoms with Gasteiger partial charge >= 0.3 is 0 Å². The highest BCUT2D eigenvalue weighted by molar-refractivity contribution is 6.11. The van der Waals surface area contributed by atoms with Gasteiger partial charge in [0.25, 0.3) is 12.3 Å². The Labute approximate surface area is 122 Å². The molecule has 1 aromatic carbocycles. The molecule has 4 nitrogen and oxygen atoms in total. The Morgan fingerprint density at radius 3 is 2.57 bits per heavy atom. The van der Waals surface area contributed by atoms with E-state index < -0.39 is 30.8 Å². The summed E-state index contributed by atoms with van der Waals surface area (Å²) in [5.74, 6) is -1.01. The summed E-state index contributed by atoms with van der Waals surface area (Å²) in [7, 11) is 0. The van der Waals surface area contributed by atoms with Gasteiger partial charge in [-0.3, -0.25) is 9.59 Å². The van der Waals surface area contributed by atoms with Crippen LogP contribution in [0, 0.1) is 5.92 Å². The highest BCUT2D eigenvalue weighted by Crippen LogP contribution is 2.27. The van der Waals surface area contributed by atoms with Crippen LogP contribution in [0.15, 0.2) is 24.3 Å². The van der Waals surface area contributed by atoms with Gasteiger partial charge in [-0.1, -0.05) is 32.4 Å². The average molecular weight is 296 g/mol. The van der Waals surface area contributed by atoms with Crippen molar-refractivity contribution in [2.45, 2.75) is 32.7 Å². The maximum Gasteiger partial charge on any atom is 0.256 e. The third kappa shape index (κ3) is 3.04. The third-order valence-corrected chi connectivity index (χ3v) is 3.79. The Hall–Kier alpha value is -1.98. The molecule has 21 heavy (non-hydrogen) atoms. The number of amides is 2. The zero-order valence-corrected chi connectivity index (χ0v) is 12.0. The number of alkyl halides is 2. The lowest BCUT2D eigenvalue weighted by atomic mass is 9.98. The highest BCUT2D eigenvalue weighted by Gasteiger charge is 2.36. The maximum absolute atomic E-state index is 12.8. The number of hydrogen-bond acceptors (Lipinski definition) is 2. The Morgan fingerprint density at radius 2 is 1.95 bits per heavy atom. The lowest BCUT2D eigenvalue weighted by molar-refractivity contribution is -0.121. The van der Waals surface area contributed by atoms with E-state index in [1.165, 1.54) is 12.1 Å². The molecule has 0 saturated heterocycles. The van der Waals surface area contributed by atoms with Gasteiger partial charge < -0.3 is 10.2 Å². The van der Waals surface area contributed by atoms with Crippen molar-refractivity contribution >= 4 is 17.5 Å². The summed E-state index contributed by atoms with van der Waals surface area (Å²) in [6, 6.07) is 5.55. The molecule has 0 aromatic heterocycles. The van der Waals surface area contributed by atoms with E-state index in [1.807, 2.05) is 13.8 Å². The molecule has 2 rings (SSSR count). The van der Waals surface area contributed by atoms with Crippen molar-refractivity contribution in [2.24, 2.45) is 5.92 Å². The molecule has 1 aromatic rings. The first-order chi connectivity index (χ1) is 9.95. The van der Waals surface area contributed by atoms with Crippen LogP contribution in [0.1, 0.15) is 30.6 Å². The van der Waals surface area contributed by atoms with Crippen molar-refractivity contribution in [3.63, 3.8) is 0 Å². The van der Waals surface area contributed by atoms with Gasteiger partial charge in [-0.15, -0.1) is 0 Å². The lowest BCUT2D eigenvalue weighted by Gasteiger charge is -2.27. The highest BCUT2D eigenvalue weighted by atomic mass is 19.3. The second kappa shape index (κ2) is 6.20. The summed E-state index contributed by atoms with van der Waals surface area (Å²) in [6.07, 6.45) is -2.00. The zero-order valence-electron chi connectivity index (χ0n) is 12.0. The molecule has 0 bridgehead atoms. The standard InChI is InChI=1S/C15H18F2N2O2/c1-3-9(2)13-15(21)19(8-12(16)17)11-7-5-4-6-10(11)14(20)18-13/h4-7,9,12-13H,3,8H2,1-2H3,(H,18,20). The van der Waals surface area contributed by atoms with Gasteiger partial charge in [0.1, 0.15) is 6.04 Å². The van der Waals surface area contributed by atoms with E-state index in [0.717, 1.165) is 4.90 Å². The van der Waals surface area contributed by atoms with Crippen molar-refractivity contribution in [2.75, 3.05) is 11.4 Å². The number of nitrogens with one attached hydrogen (secondary N) is 1. The van der Waals surface area contributed by atoms with Crippen molar-refractivity contribution in [1.29, 1.82) is 0 Å². The zero-order chi connectivity index (χ0) is 15.6. The third-order valence-electron chi connectivity index (χ3n) is 3.79. The van der Waals surface area contributed by atoms with Crippen LogP contribution in [0.2, 0.25) is 0 Å². The molecule has 0 aliphatic carbocycles. The maximum atomic E-state index is 12.8. The second-order valence-corrected chi connectivity index (χ2v) is 5.19. The summed E-state index contributed by atoms with van der Waals surface area (Å²) in [5, 5.41) is 2.66. The van der Waals surface area contributed by atoms with Gasteiger partial charge in [-0.05, 0) is 18.1 Å². The van der Waals surface area contributed by atoms with Crippen LogP contribution >= 0.6 is 0 Å². The number of halogens is 2. The molecule has 0 saturated carbocycles. The smallest absolute Gasteiger partial charge is 0.256 e. The second-order valence-electron chi connectivity index (χ2n) is 5.19. The topological polar surface area (TPSA) is 49.4 Å². The molecule has 0 fully saturated rings. The Bertz CT molecular complexity index is 548. The molecule has 2 amide bonds. The van der Waals surface area contributed by atoms with Crippen molar-refractivity contribution in [1.82, 2.24) is 5.32 Å². The molecule has 1 heterocycles. The summed E-state index contributed by atoms with van der Waals surface area (Å²) < 4.78 is 25.7. The average Bonchev–Trinajstić information content (AvgIpc) is 2.57. The van der Waals surface area contributed by atoms with Crippen LogP contribution in [0.25, 0.3) is 0 Å². The van der Waals surface area contributed by atoms with Crippen molar-refractivity contribution in [3.05, 3.63) is 29.8 Å². The molecule has 1 N–H and O–H groups in total. The summed E-state index contributed by atoms with van der Waals surface area (Å²) in [4.78, 5) is 25.8. The summed E-state index contributed by atoms with van der Waals surface area (Å²) in [6.45, 7) is 3.00. The van der Waals surface area contributed by atoms with Gasteiger partial charge in [0.2, 0.25) is 5.91 Å². The fraction of sp³-hybridized carbons (Fsp3) is 0.467. The van der Waals surface area contributed by atoms with E-state index in [9.17, 15) is 18.4 Å². The number of fused-ring (bicyclic) bond motifs is 1. The summed E-state index contributed by atoms with van der Waals surface area (Å²) in [5.41, 5.74) is 0.489. The SMILES string of the molecule is CCC(C)C1NC(=O)c2ccccc2N(CC(F)F)C1=O. The predicted molar refractivity (Wildman–Crippen MR) is 75.5 cm³/mol. The van der Waals surface area contributed by atoms with Crippen LogP contribution in [-0.2, 0) is 4.79 Å². The minimum absolute atomic E-state index is 0.129. The van der Waals surface area contributed by atoms with Gasteiger partial charge in [0.05, 0.1) is 17.8 Å². The van der Waals surface area contributed by atoms with E-state index in [-0.39, 0.29) is 17.2 Å². The molecule has 2 atom stereocenters. The molecule has 2 unspecified atom stereocenters. The minimum Gasteiger partial charge on any atom is -0.340 e. The first-order valence-corrected chi connectivity index (χ1v) is 6.95. The monoisotopic (exact) mass is 296 g/mol. The van der Waals surface area contributed by atoms with Crippen LogP contribution in [0.5, 0.6) is 0 Å². The van der Waals surface area contributed by atoms with E-state index in [2.05, 4.69) is 5.32 Å². The first kappa shape index (κ1) is 15.4. The molecule has 6 heteroatoms. The van der Waals surface area contributed by atoms with E-state index in [4.69, 9.17) is 0 Å². The number of anilines is 1. The van der Waals surface area contributed by atoms with Crippen LogP contribution < -0.4 is 10.2 Å². The molecule has 0 spiro atoms. The van der Waals surface area contributed by atoms with Gasteiger partial charge in [-0.2, -0.15) is 0 Å². The van der Waals surface area contributed by atoms with Crippen LogP contribution in [0.3, 0.4) is 0 Å². The van der Waals surface area contributed by atoms with Gasteiger partial charge in [0, 0.05) is 0 Å². The van der Waals surface area contributed by atoms with Gasteiger partial charge in [-0.25, -0.2) is 8.78 Å². The molecular formula is C15H18F2N2O2. The van der Waals surface area contributed by atoms with Crippen LogP contribution in [-0.4, -0.2) is 30.8 Å². The van der Waals surface area contributed by atoms with E-state index in [1.54, 1.807) is 12.1 Å². The van der Waals surface area contributed by atoms with E-state index >= 15 is 0 Å². The normalized spacial score (nSPS) is 20.0. The number of benzene rings is 1. The molecule has 0 radical (unpaired) electrons. The molecule has 114 valence electrons. The van der Waals surface area contributed by atoms with Gasteiger partial charge in [0.15, 0.2) is 0 Å². The van der Waals surface area contributed by atoms with Crippen LogP contribution in [0.4, 0.5) is 14.5 Å². The van der Waals surface area contributed by atoms with Crippen molar-refractivity contribution in [3.8, 4) is 0 Å². The number of hydrogen-bond donors (Lipinski definition) is 1. The number of carbonyl (C=O) groups is 2. The fourth-order valence-electron chi connectivity index (χ4n) is 2.42. The summed E-state index contributed by atoms with van der Waals surface area (Å²) >= 11 is 0. The minimum atomic E-state index is -2.66. The Kier molecular flexibility index (Phi) is 4.55. The predicted octanol–water partition coefficient (Wildman–Crippen LogP) is 2.44. The largest absolute Gasteiger partial charge is 0.340 e. The lowest BCUT2D eigenvalue weighted by Crippen LogP contribution is -2.50. The quantitative estimate of drug-likeness (QED) is 0.927. The van der Waals surface area contributed by atoms with Crippen molar-refractivity contribution < 1.29 is 18.4 Å². The van der Waals surface area contributed by atoms with E-state index in [0.29, 0.717) is 6.42 Å². The Balaban J connectivity index is 2.48. The fourth-order valence-corrected chi connectivity index (χ4v) is 2.42. The number of para-hydroxylation sites is 1. The molecule has 1 aliphatic heterocycles. The Morgan fingerprint density at radius 1 is 1.29 bits per heavy atom. The number of nitrogens with zero attached hydrogens (tertiary/aromatic N) is 1. The molecular weight excluding hydrogens is 278 g/mol. The first-order valence-electron chi connectivity index (χ1n) is 6.95. The molecule has 1 aliphatic rings.